The summed E-state index contributed by atoms with van der Waals surface area (Å²) in [7, 11) is -1.96. The summed E-state index contributed by atoms with van der Waals surface area (Å²) in [5.41, 5.74) is 0.792. The normalized spacial score (nSPS) is 19.7. The van der Waals surface area contributed by atoms with Crippen molar-refractivity contribution in [3.8, 4) is 0 Å². The van der Waals surface area contributed by atoms with Gasteiger partial charge in [0.05, 0.1) is 23.9 Å². The second-order valence-corrected chi connectivity index (χ2v) is 8.82. The highest BCUT2D eigenvalue weighted by atomic mass is 32.2. The molecule has 0 saturated carbocycles. The van der Waals surface area contributed by atoms with Gasteiger partial charge in [0.2, 0.25) is 15.9 Å². The predicted molar refractivity (Wildman–Crippen MR) is 99.1 cm³/mol. The first-order valence-electron chi connectivity index (χ1n) is 9.13. The van der Waals surface area contributed by atoms with E-state index in [0.29, 0.717) is 19.4 Å². The molecule has 10 heteroatoms. The van der Waals surface area contributed by atoms with Crippen molar-refractivity contribution in [2.45, 2.75) is 44.2 Å². The highest BCUT2D eigenvalue weighted by Crippen LogP contribution is 2.24. The average Bonchev–Trinajstić information content (AvgIpc) is 3.31. The number of sulfonamides is 1. The number of nitrogens with one attached hydrogen (secondary N) is 1. The first-order chi connectivity index (χ1) is 12.8. The van der Waals surface area contributed by atoms with Crippen molar-refractivity contribution in [3.05, 3.63) is 30.4 Å². The summed E-state index contributed by atoms with van der Waals surface area (Å²) in [6.07, 6.45) is 6.01. The Bertz CT molecular complexity index is 903. The van der Waals surface area contributed by atoms with Gasteiger partial charge in [-0.25, -0.2) is 8.42 Å². The van der Waals surface area contributed by atoms with Crippen LogP contribution in [-0.4, -0.2) is 51.3 Å². The largest absolute Gasteiger partial charge is 0.348 e. The third-order valence-corrected chi connectivity index (χ3v) is 6.68. The molecule has 2 aromatic rings. The van der Waals surface area contributed by atoms with E-state index in [1.807, 2.05) is 26.1 Å². The summed E-state index contributed by atoms with van der Waals surface area (Å²) in [5.74, 6) is -0.513. The Balaban J connectivity index is 1.65. The van der Waals surface area contributed by atoms with Gasteiger partial charge in [-0.15, -0.1) is 0 Å². The van der Waals surface area contributed by atoms with E-state index in [0.717, 1.165) is 12.2 Å². The lowest BCUT2D eigenvalue weighted by Gasteiger charge is -2.31. The molecule has 9 nitrogen and oxygen atoms in total. The Hall–Kier alpha value is -2.20. The molecule has 148 valence electrons. The topological polar surface area (TPSA) is 102 Å². The number of nitrogens with zero attached hydrogens (tertiary/aromatic N) is 5. The van der Waals surface area contributed by atoms with E-state index in [1.54, 1.807) is 11.7 Å². The number of aryl methyl sites for hydroxylation is 2. The van der Waals surface area contributed by atoms with Crippen molar-refractivity contribution in [3.63, 3.8) is 0 Å². The molecule has 0 spiro atoms. The van der Waals surface area contributed by atoms with Gasteiger partial charge in [-0.3, -0.25) is 14.2 Å². The molecule has 3 rings (SSSR count). The molecule has 1 aliphatic rings. The van der Waals surface area contributed by atoms with E-state index in [2.05, 4.69) is 15.5 Å². The number of aromatic nitrogens is 4. The Labute approximate surface area is 159 Å². The molecule has 27 heavy (non-hydrogen) atoms. The second kappa shape index (κ2) is 7.81. The molecule has 0 radical (unpaired) electrons. The fourth-order valence-corrected chi connectivity index (χ4v) is 4.76. The minimum absolute atomic E-state index is 0.139. The van der Waals surface area contributed by atoms with E-state index in [-0.39, 0.29) is 29.3 Å². The molecule has 1 N–H and O–H groups in total. The monoisotopic (exact) mass is 394 g/mol. The fourth-order valence-electron chi connectivity index (χ4n) is 3.25. The van der Waals surface area contributed by atoms with Crippen LogP contribution in [0.4, 0.5) is 0 Å². The molecule has 2 aromatic heterocycles. The Morgan fingerprint density at radius 2 is 2.22 bits per heavy atom. The van der Waals surface area contributed by atoms with Crippen LogP contribution < -0.4 is 5.32 Å². The Morgan fingerprint density at radius 1 is 1.44 bits per heavy atom. The molecule has 3 heterocycles. The lowest BCUT2D eigenvalue weighted by atomic mass is 9.98. The van der Waals surface area contributed by atoms with E-state index >= 15 is 0 Å². The Morgan fingerprint density at radius 3 is 2.85 bits per heavy atom. The lowest BCUT2D eigenvalue weighted by Crippen LogP contribution is -2.45. The quantitative estimate of drug-likeness (QED) is 0.785. The van der Waals surface area contributed by atoms with Crippen molar-refractivity contribution in [1.29, 1.82) is 0 Å². The van der Waals surface area contributed by atoms with Crippen molar-refractivity contribution in [2.24, 2.45) is 13.0 Å². The summed E-state index contributed by atoms with van der Waals surface area (Å²) in [5, 5.41) is 11.3. The van der Waals surface area contributed by atoms with Crippen molar-refractivity contribution in [1.82, 2.24) is 29.2 Å². The standard InChI is InChI=1S/C17H26N6O3S/c1-4-22-9-7-16(20-22)13(2)19-17(24)14-6-5-8-23(11-14)27(25,26)15-10-18-21(3)12-15/h7,9-10,12-14H,4-6,8,11H2,1-3H3,(H,19,24)/t13-,14+/m0/s1. The van der Waals surface area contributed by atoms with Crippen molar-refractivity contribution < 1.29 is 13.2 Å². The van der Waals surface area contributed by atoms with Gasteiger partial charge in [0.15, 0.2) is 0 Å². The first kappa shape index (κ1) is 19.6. The van der Waals surface area contributed by atoms with Crippen LogP contribution in [0.25, 0.3) is 0 Å². The molecule has 2 atom stereocenters. The zero-order valence-electron chi connectivity index (χ0n) is 15.9. The highest BCUT2D eigenvalue weighted by Gasteiger charge is 2.34. The van der Waals surface area contributed by atoms with Gasteiger partial charge < -0.3 is 5.32 Å². The smallest absolute Gasteiger partial charge is 0.246 e. The van der Waals surface area contributed by atoms with Crippen LogP contribution in [0.2, 0.25) is 0 Å². The summed E-state index contributed by atoms with van der Waals surface area (Å²) >= 11 is 0. The average molecular weight is 395 g/mol. The van der Waals surface area contributed by atoms with E-state index < -0.39 is 10.0 Å². The zero-order valence-corrected chi connectivity index (χ0v) is 16.7. The summed E-state index contributed by atoms with van der Waals surface area (Å²) in [6.45, 7) is 5.24. The third kappa shape index (κ3) is 4.22. The number of rotatable bonds is 6. The summed E-state index contributed by atoms with van der Waals surface area (Å²) in [6, 6.07) is 1.66. The van der Waals surface area contributed by atoms with Gasteiger partial charge in [-0.1, -0.05) is 0 Å². The molecule has 1 aliphatic heterocycles. The summed E-state index contributed by atoms with van der Waals surface area (Å²) < 4.78 is 30.2. The van der Waals surface area contributed by atoms with Crippen LogP contribution in [0.5, 0.6) is 0 Å². The van der Waals surface area contributed by atoms with E-state index in [4.69, 9.17) is 0 Å². The number of hydrogen-bond donors (Lipinski definition) is 1. The minimum atomic E-state index is -3.63. The molecule has 0 aromatic carbocycles. The number of carbonyl (C=O) groups is 1. The van der Waals surface area contributed by atoms with Gasteiger partial charge in [0, 0.05) is 39.1 Å². The van der Waals surface area contributed by atoms with E-state index in [9.17, 15) is 13.2 Å². The maximum atomic E-state index is 12.8. The third-order valence-electron chi connectivity index (χ3n) is 4.86. The van der Waals surface area contributed by atoms with Crippen LogP contribution in [-0.2, 0) is 28.4 Å². The number of piperidine rings is 1. The van der Waals surface area contributed by atoms with Gasteiger partial charge in [0.1, 0.15) is 4.90 Å². The van der Waals surface area contributed by atoms with E-state index in [1.165, 1.54) is 21.4 Å². The van der Waals surface area contributed by atoms with Crippen LogP contribution in [0, 0.1) is 5.92 Å². The fraction of sp³-hybridized carbons (Fsp3) is 0.588. The minimum Gasteiger partial charge on any atom is -0.348 e. The van der Waals surface area contributed by atoms with Crippen LogP contribution >= 0.6 is 0 Å². The second-order valence-electron chi connectivity index (χ2n) is 6.88. The molecular weight excluding hydrogens is 368 g/mol. The SMILES string of the molecule is CCn1ccc([C@H](C)NC(=O)[C@@H]2CCCN(S(=O)(=O)c3cnn(C)c3)C2)n1. The summed E-state index contributed by atoms with van der Waals surface area (Å²) in [4.78, 5) is 12.8. The van der Waals surface area contributed by atoms with Crippen molar-refractivity contribution >= 4 is 15.9 Å². The van der Waals surface area contributed by atoms with Crippen LogP contribution in [0.3, 0.4) is 0 Å². The molecule has 0 aliphatic carbocycles. The van der Waals surface area contributed by atoms with Crippen molar-refractivity contribution in [2.75, 3.05) is 13.1 Å². The zero-order chi connectivity index (χ0) is 19.6. The van der Waals surface area contributed by atoms with Gasteiger partial charge in [0.25, 0.3) is 0 Å². The molecule has 1 fully saturated rings. The van der Waals surface area contributed by atoms with Gasteiger partial charge in [-0.2, -0.15) is 14.5 Å². The maximum Gasteiger partial charge on any atom is 0.246 e. The molecular formula is C17H26N6O3S. The highest BCUT2D eigenvalue weighted by molar-refractivity contribution is 7.89. The lowest BCUT2D eigenvalue weighted by molar-refractivity contribution is -0.126. The molecule has 0 unspecified atom stereocenters. The number of amides is 1. The van der Waals surface area contributed by atoms with Gasteiger partial charge >= 0.3 is 0 Å². The molecule has 0 bridgehead atoms. The predicted octanol–water partition coefficient (Wildman–Crippen LogP) is 0.915. The Kier molecular flexibility index (Phi) is 5.66. The van der Waals surface area contributed by atoms with Crippen LogP contribution in [0.1, 0.15) is 38.4 Å². The molecule has 1 amide bonds. The first-order valence-corrected chi connectivity index (χ1v) is 10.6. The maximum absolute atomic E-state index is 12.8. The number of hydrogen-bond acceptors (Lipinski definition) is 5. The van der Waals surface area contributed by atoms with Gasteiger partial charge in [-0.05, 0) is 32.8 Å². The van der Waals surface area contributed by atoms with Crippen LogP contribution in [0.15, 0.2) is 29.6 Å². The number of carbonyl (C=O) groups excluding carboxylic acids is 1. The molecule has 1 saturated heterocycles.